The van der Waals surface area contributed by atoms with Gasteiger partial charge in [-0.3, -0.25) is 24.6 Å². The normalized spacial score (nSPS) is 18.5. The van der Waals surface area contributed by atoms with Crippen molar-refractivity contribution in [2.24, 2.45) is 5.92 Å². The number of imide groups is 2. The summed E-state index contributed by atoms with van der Waals surface area (Å²) in [5, 5.41) is 3.03. The van der Waals surface area contributed by atoms with Crippen LogP contribution in [-0.2, 0) is 27.5 Å². The highest BCUT2D eigenvalue weighted by atomic mass is 16.3. The quantitative estimate of drug-likeness (QED) is 0.452. The van der Waals surface area contributed by atoms with E-state index in [0.29, 0.717) is 17.2 Å². The Labute approximate surface area is 202 Å². The molecule has 2 aliphatic rings. The van der Waals surface area contributed by atoms with Crippen LogP contribution in [0.1, 0.15) is 31.1 Å². The van der Waals surface area contributed by atoms with Crippen molar-refractivity contribution in [1.82, 2.24) is 19.7 Å². The molecule has 2 aromatic heterocycles. The van der Waals surface area contributed by atoms with Gasteiger partial charge < -0.3 is 13.9 Å². The third kappa shape index (κ3) is 4.49. The number of urea groups is 1. The number of benzene rings is 1. The second-order valence-electron chi connectivity index (χ2n) is 9.08. The first-order valence-corrected chi connectivity index (χ1v) is 11.7. The molecular formula is C26H26N4O5. The van der Waals surface area contributed by atoms with Crippen molar-refractivity contribution in [2.45, 2.75) is 32.9 Å². The number of likely N-dealkylation sites (tertiary alicyclic amines) is 1. The van der Waals surface area contributed by atoms with Crippen LogP contribution in [0.3, 0.4) is 0 Å². The van der Waals surface area contributed by atoms with Crippen LogP contribution in [0, 0.1) is 5.92 Å². The molecule has 1 aromatic carbocycles. The fraction of sp³-hybridized carbons (Fsp3) is 0.308. The van der Waals surface area contributed by atoms with Crippen molar-refractivity contribution in [1.29, 1.82) is 0 Å². The van der Waals surface area contributed by atoms with Gasteiger partial charge in [-0.05, 0) is 43.0 Å². The minimum atomic E-state index is -0.794. The summed E-state index contributed by atoms with van der Waals surface area (Å²) in [6, 6.07) is 10.0. The number of hydrogen-bond donors (Lipinski definition) is 1. The maximum Gasteiger partial charge on any atom is 0.331 e. The van der Waals surface area contributed by atoms with Crippen molar-refractivity contribution in [2.75, 3.05) is 13.1 Å². The Hall–Kier alpha value is -4.14. The number of rotatable bonds is 5. The van der Waals surface area contributed by atoms with E-state index < -0.39 is 17.8 Å². The predicted octanol–water partition coefficient (Wildman–Crippen LogP) is 3.15. The number of carbonyl (C=O) groups excluding carboxylic acids is 4. The molecular weight excluding hydrogens is 448 g/mol. The molecule has 2 saturated heterocycles. The summed E-state index contributed by atoms with van der Waals surface area (Å²) in [7, 11) is 0. The van der Waals surface area contributed by atoms with E-state index in [0.717, 1.165) is 41.7 Å². The molecule has 35 heavy (non-hydrogen) atoms. The van der Waals surface area contributed by atoms with Crippen LogP contribution in [0.25, 0.3) is 17.0 Å². The molecule has 0 unspecified atom stereocenters. The summed E-state index contributed by atoms with van der Waals surface area (Å²) in [5.41, 5.74) is 1.28. The Balaban J connectivity index is 1.44. The fourth-order valence-electron chi connectivity index (χ4n) is 4.58. The first-order valence-electron chi connectivity index (χ1n) is 11.7. The second kappa shape index (κ2) is 9.25. The lowest BCUT2D eigenvalue weighted by atomic mass is 9.99. The van der Waals surface area contributed by atoms with Crippen LogP contribution >= 0.6 is 0 Å². The molecule has 2 fully saturated rings. The molecule has 3 aromatic rings. The molecule has 1 N–H and O–H groups in total. The Morgan fingerprint density at radius 3 is 2.63 bits per heavy atom. The van der Waals surface area contributed by atoms with Gasteiger partial charge >= 0.3 is 6.03 Å². The topological polar surface area (TPSA) is 105 Å². The van der Waals surface area contributed by atoms with Crippen LogP contribution < -0.4 is 5.32 Å². The largest absolute Gasteiger partial charge is 0.467 e. The lowest BCUT2D eigenvalue weighted by molar-refractivity contribution is -0.133. The minimum Gasteiger partial charge on any atom is -0.467 e. The van der Waals surface area contributed by atoms with Gasteiger partial charge in [-0.15, -0.1) is 0 Å². The first kappa shape index (κ1) is 22.6. The SMILES string of the molecule is CC1CCN(C(=O)Cn2cc(/C=C3\C(=O)NC(=O)N(Cc4ccco4)C3=O)c3ccccc32)CC1. The maximum absolute atomic E-state index is 13.1. The molecule has 9 heteroatoms. The number of amides is 5. The molecule has 0 atom stereocenters. The molecule has 5 rings (SSSR count). The highest BCUT2D eigenvalue weighted by Crippen LogP contribution is 2.26. The van der Waals surface area contributed by atoms with E-state index in [1.807, 2.05) is 33.7 Å². The number of nitrogens with zero attached hydrogens (tertiary/aromatic N) is 3. The number of nitrogens with one attached hydrogen (secondary N) is 1. The smallest absolute Gasteiger partial charge is 0.331 e. The summed E-state index contributed by atoms with van der Waals surface area (Å²) in [4.78, 5) is 53.8. The number of carbonyl (C=O) groups is 4. The summed E-state index contributed by atoms with van der Waals surface area (Å²) in [6.07, 6.45) is 6.70. The number of furan rings is 1. The van der Waals surface area contributed by atoms with E-state index in [4.69, 9.17) is 4.42 Å². The zero-order valence-corrected chi connectivity index (χ0v) is 19.4. The highest BCUT2D eigenvalue weighted by Gasteiger charge is 2.36. The summed E-state index contributed by atoms with van der Waals surface area (Å²) in [5.74, 6) is -0.373. The van der Waals surface area contributed by atoms with Crippen molar-refractivity contribution in [3.05, 3.63) is 65.8 Å². The molecule has 0 aliphatic carbocycles. The molecule has 0 radical (unpaired) electrons. The number of aromatic nitrogens is 1. The molecule has 180 valence electrons. The first-order chi connectivity index (χ1) is 16.9. The molecule has 0 spiro atoms. The van der Waals surface area contributed by atoms with Crippen LogP contribution in [0.15, 0.2) is 58.8 Å². The van der Waals surface area contributed by atoms with Crippen LogP contribution in [0.5, 0.6) is 0 Å². The van der Waals surface area contributed by atoms with Gasteiger partial charge in [0.15, 0.2) is 0 Å². The number of fused-ring (bicyclic) bond motifs is 1. The monoisotopic (exact) mass is 474 g/mol. The molecule has 5 amide bonds. The number of piperidine rings is 1. The van der Waals surface area contributed by atoms with E-state index in [-0.39, 0.29) is 24.6 Å². The van der Waals surface area contributed by atoms with Crippen LogP contribution in [0.4, 0.5) is 4.79 Å². The molecule has 0 bridgehead atoms. The van der Waals surface area contributed by atoms with Gasteiger partial charge in [0, 0.05) is 35.8 Å². The second-order valence-corrected chi connectivity index (χ2v) is 9.08. The van der Waals surface area contributed by atoms with Crippen molar-refractivity contribution in [3.63, 3.8) is 0 Å². The number of para-hydroxylation sites is 1. The van der Waals surface area contributed by atoms with E-state index in [2.05, 4.69) is 12.2 Å². The van der Waals surface area contributed by atoms with Gasteiger partial charge in [0.1, 0.15) is 17.9 Å². The molecule has 0 saturated carbocycles. The predicted molar refractivity (Wildman–Crippen MR) is 128 cm³/mol. The van der Waals surface area contributed by atoms with Crippen molar-refractivity contribution >= 4 is 40.7 Å². The van der Waals surface area contributed by atoms with Gasteiger partial charge in [0.2, 0.25) is 5.91 Å². The summed E-state index contributed by atoms with van der Waals surface area (Å²) < 4.78 is 7.10. The van der Waals surface area contributed by atoms with Gasteiger partial charge in [-0.2, -0.15) is 0 Å². The van der Waals surface area contributed by atoms with Crippen molar-refractivity contribution < 1.29 is 23.6 Å². The van der Waals surface area contributed by atoms with Crippen LogP contribution in [-0.4, -0.2) is 51.2 Å². The third-order valence-corrected chi connectivity index (χ3v) is 6.64. The average Bonchev–Trinajstić information content (AvgIpc) is 3.48. The zero-order chi connectivity index (χ0) is 24.5. The van der Waals surface area contributed by atoms with E-state index in [1.54, 1.807) is 18.3 Å². The van der Waals surface area contributed by atoms with Gasteiger partial charge in [0.05, 0.1) is 12.8 Å². The Morgan fingerprint density at radius 2 is 1.89 bits per heavy atom. The third-order valence-electron chi connectivity index (χ3n) is 6.64. The molecule has 9 nitrogen and oxygen atoms in total. The maximum atomic E-state index is 13.1. The molecule has 4 heterocycles. The van der Waals surface area contributed by atoms with Gasteiger partial charge in [0.25, 0.3) is 11.8 Å². The molecule has 2 aliphatic heterocycles. The average molecular weight is 475 g/mol. The number of hydrogen-bond acceptors (Lipinski definition) is 5. The van der Waals surface area contributed by atoms with Crippen molar-refractivity contribution in [3.8, 4) is 0 Å². The standard InChI is InChI=1S/C26H26N4O5/c1-17-8-10-28(11-9-17)23(31)16-29-14-18(20-6-2-3-7-22(20)29)13-21-24(32)27-26(34)30(25(21)33)15-19-5-4-12-35-19/h2-7,12-14,17H,8-11,15-16H2,1H3,(H,27,32,34)/b21-13+. The number of barbiturate groups is 1. The van der Waals surface area contributed by atoms with E-state index >= 15 is 0 Å². The van der Waals surface area contributed by atoms with E-state index in [1.165, 1.54) is 12.3 Å². The Morgan fingerprint density at radius 1 is 1.11 bits per heavy atom. The van der Waals surface area contributed by atoms with Crippen LogP contribution in [0.2, 0.25) is 0 Å². The Kier molecular flexibility index (Phi) is 5.98. The Bertz CT molecular complexity index is 1330. The highest BCUT2D eigenvalue weighted by molar-refractivity contribution is 6.31. The lowest BCUT2D eigenvalue weighted by Crippen LogP contribution is -2.53. The minimum absolute atomic E-state index is 0.0403. The van der Waals surface area contributed by atoms with Gasteiger partial charge in [-0.25, -0.2) is 4.79 Å². The summed E-state index contributed by atoms with van der Waals surface area (Å²) in [6.45, 7) is 3.79. The van der Waals surface area contributed by atoms with E-state index in [9.17, 15) is 19.2 Å². The fourth-order valence-corrected chi connectivity index (χ4v) is 4.58. The van der Waals surface area contributed by atoms with Gasteiger partial charge in [-0.1, -0.05) is 25.1 Å². The lowest BCUT2D eigenvalue weighted by Gasteiger charge is -2.30. The summed E-state index contributed by atoms with van der Waals surface area (Å²) >= 11 is 0. The zero-order valence-electron chi connectivity index (χ0n) is 19.4.